The summed E-state index contributed by atoms with van der Waals surface area (Å²) in [6, 6.07) is 1.42. The molecule has 0 spiro atoms. The summed E-state index contributed by atoms with van der Waals surface area (Å²) in [5.41, 5.74) is 0. The van der Waals surface area contributed by atoms with Gasteiger partial charge in [-0.2, -0.15) is 0 Å². The van der Waals surface area contributed by atoms with E-state index in [0.29, 0.717) is 24.7 Å². The molecule has 0 aromatic carbocycles. The summed E-state index contributed by atoms with van der Waals surface area (Å²) in [4.78, 5) is 27.6. The average Bonchev–Trinajstić information content (AvgIpc) is 2.71. The predicted molar refractivity (Wildman–Crippen MR) is 77.8 cm³/mol. The van der Waals surface area contributed by atoms with E-state index in [0.717, 1.165) is 19.5 Å². The lowest BCUT2D eigenvalue weighted by molar-refractivity contribution is -0.128. The lowest BCUT2D eigenvalue weighted by atomic mass is 10.2. The van der Waals surface area contributed by atoms with E-state index in [1.807, 2.05) is 11.8 Å². The number of hydrogen-bond donors (Lipinski definition) is 1. The SMILES string of the molecule is CC(=O)N1CCCN([C@@H](C)C(=O)Nc2cc(C)on2)CC1. The summed E-state index contributed by atoms with van der Waals surface area (Å²) in [6.07, 6.45) is 0.875. The molecule has 2 amide bonds. The van der Waals surface area contributed by atoms with Crippen molar-refractivity contribution >= 4 is 17.6 Å². The molecule has 1 aromatic rings. The molecule has 0 saturated carbocycles. The Hall–Kier alpha value is -1.89. The van der Waals surface area contributed by atoms with E-state index in [1.165, 1.54) is 0 Å². The molecule has 0 aliphatic carbocycles. The molecule has 0 radical (unpaired) electrons. The quantitative estimate of drug-likeness (QED) is 0.894. The number of nitrogens with one attached hydrogen (secondary N) is 1. The third-order valence-corrected chi connectivity index (χ3v) is 3.78. The van der Waals surface area contributed by atoms with Crippen LogP contribution >= 0.6 is 0 Å². The first-order chi connectivity index (χ1) is 9.97. The van der Waals surface area contributed by atoms with E-state index >= 15 is 0 Å². The predicted octanol–water partition coefficient (Wildman–Crippen LogP) is 0.864. The first kappa shape index (κ1) is 15.5. The maximum absolute atomic E-state index is 12.2. The molecule has 0 unspecified atom stereocenters. The van der Waals surface area contributed by atoms with Crippen LogP contribution in [-0.4, -0.2) is 59.0 Å². The smallest absolute Gasteiger partial charge is 0.242 e. The molecule has 1 fully saturated rings. The van der Waals surface area contributed by atoms with E-state index in [1.54, 1.807) is 19.9 Å². The molecule has 21 heavy (non-hydrogen) atoms. The van der Waals surface area contributed by atoms with Gasteiger partial charge >= 0.3 is 0 Å². The number of rotatable bonds is 3. The third-order valence-electron chi connectivity index (χ3n) is 3.78. The molecule has 0 bridgehead atoms. The normalized spacial score (nSPS) is 18.1. The van der Waals surface area contributed by atoms with Crippen LogP contribution in [0.3, 0.4) is 0 Å². The lowest BCUT2D eigenvalue weighted by Crippen LogP contribution is -2.44. The fourth-order valence-electron chi connectivity index (χ4n) is 2.46. The molecule has 1 atom stereocenters. The highest BCUT2D eigenvalue weighted by molar-refractivity contribution is 5.93. The van der Waals surface area contributed by atoms with Gasteiger partial charge in [-0.15, -0.1) is 0 Å². The zero-order valence-electron chi connectivity index (χ0n) is 12.8. The summed E-state index contributed by atoms with van der Waals surface area (Å²) in [5, 5.41) is 6.51. The molecule has 1 aliphatic heterocycles. The van der Waals surface area contributed by atoms with Gasteiger partial charge in [-0.3, -0.25) is 14.5 Å². The number of carbonyl (C=O) groups excluding carboxylic acids is 2. The van der Waals surface area contributed by atoms with E-state index < -0.39 is 0 Å². The van der Waals surface area contributed by atoms with Crippen LogP contribution < -0.4 is 5.32 Å². The first-order valence-electron chi connectivity index (χ1n) is 7.21. The minimum absolute atomic E-state index is 0.0898. The summed E-state index contributed by atoms with van der Waals surface area (Å²) in [5.74, 6) is 1.07. The van der Waals surface area contributed by atoms with Crippen molar-refractivity contribution in [2.24, 2.45) is 0 Å². The van der Waals surface area contributed by atoms with Gasteiger partial charge in [0.15, 0.2) is 5.82 Å². The number of aryl methyl sites for hydroxylation is 1. The van der Waals surface area contributed by atoms with E-state index in [4.69, 9.17) is 4.52 Å². The molecular formula is C14H22N4O3. The number of carbonyl (C=O) groups is 2. The largest absolute Gasteiger partial charge is 0.360 e. The number of aromatic nitrogens is 1. The highest BCUT2D eigenvalue weighted by Gasteiger charge is 2.25. The zero-order valence-corrected chi connectivity index (χ0v) is 12.8. The standard InChI is InChI=1S/C14H22N4O3/c1-10-9-13(16-21-10)15-14(20)11(2)17-5-4-6-18(8-7-17)12(3)19/h9,11H,4-8H2,1-3H3,(H,15,16,20)/t11-/m0/s1. The topological polar surface area (TPSA) is 78.7 Å². The Morgan fingerprint density at radius 1 is 1.33 bits per heavy atom. The van der Waals surface area contributed by atoms with Crippen molar-refractivity contribution in [3.63, 3.8) is 0 Å². The molecule has 1 saturated heterocycles. The molecule has 1 aliphatic rings. The minimum Gasteiger partial charge on any atom is -0.360 e. The van der Waals surface area contributed by atoms with Crippen molar-refractivity contribution < 1.29 is 14.1 Å². The van der Waals surface area contributed by atoms with Crippen LogP contribution in [0.15, 0.2) is 10.6 Å². The fourth-order valence-corrected chi connectivity index (χ4v) is 2.46. The molecule has 2 heterocycles. The number of anilines is 1. The second-order valence-electron chi connectivity index (χ2n) is 5.38. The van der Waals surface area contributed by atoms with Crippen molar-refractivity contribution in [1.82, 2.24) is 15.0 Å². The molecule has 7 heteroatoms. The second kappa shape index (κ2) is 6.71. The molecule has 7 nitrogen and oxygen atoms in total. The van der Waals surface area contributed by atoms with Crippen LogP contribution in [0.4, 0.5) is 5.82 Å². The van der Waals surface area contributed by atoms with Crippen molar-refractivity contribution in [2.75, 3.05) is 31.5 Å². The number of hydrogen-bond acceptors (Lipinski definition) is 5. The highest BCUT2D eigenvalue weighted by atomic mass is 16.5. The van der Waals surface area contributed by atoms with Gasteiger partial charge in [-0.05, 0) is 20.3 Å². The molecule has 2 rings (SSSR count). The molecule has 1 N–H and O–H groups in total. The van der Waals surface area contributed by atoms with Crippen LogP contribution in [0.2, 0.25) is 0 Å². The maximum atomic E-state index is 12.2. The van der Waals surface area contributed by atoms with E-state index in [2.05, 4.69) is 15.4 Å². The second-order valence-corrected chi connectivity index (χ2v) is 5.38. The molecule has 1 aromatic heterocycles. The van der Waals surface area contributed by atoms with E-state index in [9.17, 15) is 9.59 Å². The Morgan fingerprint density at radius 3 is 2.71 bits per heavy atom. The van der Waals surface area contributed by atoms with Crippen molar-refractivity contribution in [3.8, 4) is 0 Å². The van der Waals surface area contributed by atoms with Gasteiger partial charge < -0.3 is 14.7 Å². The van der Waals surface area contributed by atoms with Gasteiger partial charge in [0.05, 0.1) is 6.04 Å². The Balaban J connectivity index is 1.91. The van der Waals surface area contributed by atoms with Gasteiger partial charge in [0.25, 0.3) is 0 Å². The summed E-state index contributed by atoms with van der Waals surface area (Å²) >= 11 is 0. The summed E-state index contributed by atoms with van der Waals surface area (Å²) in [7, 11) is 0. The zero-order chi connectivity index (χ0) is 15.4. The van der Waals surface area contributed by atoms with Crippen LogP contribution in [-0.2, 0) is 9.59 Å². The Kier molecular flexibility index (Phi) is 4.95. The highest BCUT2D eigenvalue weighted by Crippen LogP contribution is 2.11. The van der Waals surface area contributed by atoms with Gasteiger partial charge in [-0.1, -0.05) is 5.16 Å². The van der Waals surface area contributed by atoms with Gasteiger partial charge in [-0.25, -0.2) is 0 Å². The first-order valence-corrected chi connectivity index (χ1v) is 7.21. The van der Waals surface area contributed by atoms with Crippen LogP contribution in [0.1, 0.15) is 26.0 Å². The Bertz CT molecular complexity index is 514. The maximum Gasteiger partial charge on any atom is 0.242 e. The average molecular weight is 294 g/mol. The van der Waals surface area contributed by atoms with Crippen LogP contribution in [0, 0.1) is 6.92 Å². The molecular weight excluding hydrogens is 272 g/mol. The van der Waals surface area contributed by atoms with Gasteiger partial charge in [0, 0.05) is 39.2 Å². The number of amides is 2. The summed E-state index contributed by atoms with van der Waals surface area (Å²) in [6.45, 7) is 8.14. The van der Waals surface area contributed by atoms with Crippen molar-refractivity contribution in [1.29, 1.82) is 0 Å². The van der Waals surface area contributed by atoms with Gasteiger partial charge in [0.2, 0.25) is 11.8 Å². The third kappa shape index (κ3) is 4.04. The minimum atomic E-state index is -0.270. The summed E-state index contributed by atoms with van der Waals surface area (Å²) < 4.78 is 4.93. The Morgan fingerprint density at radius 2 is 2.10 bits per heavy atom. The van der Waals surface area contributed by atoms with Crippen molar-refractivity contribution in [3.05, 3.63) is 11.8 Å². The van der Waals surface area contributed by atoms with Crippen LogP contribution in [0.25, 0.3) is 0 Å². The lowest BCUT2D eigenvalue weighted by Gasteiger charge is -2.26. The van der Waals surface area contributed by atoms with Gasteiger partial charge in [0.1, 0.15) is 5.76 Å². The fraction of sp³-hybridized carbons (Fsp3) is 0.643. The van der Waals surface area contributed by atoms with Crippen LogP contribution in [0.5, 0.6) is 0 Å². The Labute approximate surface area is 124 Å². The van der Waals surface area contributed by atoms with E-state index in [-0.39, 0.29) is 17.9 Å². The monoisotopic (exact) mass is 294 g/mol. The molecule has 116 valence electrons. The number of nitrogens with zero attached hydrogens (tertiary/aromatic N) is 3. The van der Waals surface area contributed by atoms with Crippen molar-refractivity contribution in [2.45, 2.75) is 33.2 Å².